The molecular weight excluding hydrogens is 248 g/mol. The molecule has 0 bridgehead atoms. The zero-order chi connectivity index (χ0) is 14.0. The van der Waals surface area contributed by atoms with Crippen LogP contribution in [0.4, 0.5) is 0 Å². The van der Waals surface area contributed by atoms with E-state index in [0.717, 1.165) is 29.2 Å². The average molecular weight is 270 g/mol. The molecule has 3 heteroatoms. The van der Waals surface area contributed by atoms with Gasteiger partial charge in [-0.25, -0.2) is 0 Å². The lowest BCUT2D eigenvalue weighted by Gasteiger charge is -2.25. The summed E-state index contributed by atoms with van der Waals surface area (Å²) in [7, 11) is 0. The van der Waals surface area contributed by atoms with Crippen molar-refractivity contribution in [3.63, 3.8) is 0 Å². The van der Waals surface area contributed by atoms with Crippen LogP contribution in [-0.4, -0.2) is 24.2 Å². The molecule has 0 saturated heterocycles. The molecule has 0 aliphatic heterocycles. The van der Waals surface area contributed by atoms with Crippen LogP contribution in [-0.2, 0) is 0 Å². The molecule has 3 nitrogen and oxygen atoms in total. The highest BCUT2D eigenvalue weighted by Gasteiger charge is 2.25. The number of aromatic nitrogens is 1. The van der Waals surface area contributed by atoms with E-state index in [1.807, 2.05) is 24.4 Å². The summed E-state index contributed by atoms with van der Waals surface area (Å²) in [6.45, 7) is 6.17. The molecule has 1 saturated carbocycles. The fraction of sp³-hybridized carbons (Fsp3) is 0.471. The Morgan fingerprint density at radius 3 is 2.90 bits per heavy atom. The van der Waals surface area contributed by atoms with Gasteiger partial charge >= 0.3 is 0 Å². The summed E-state index contributed by atoms with van der Waals surface area (Å²) in [5.74, 6) is 0.850. The molecule has 2 aromatic rings. The molecule has 1 N–H and O–H groups in total. The van der Waals surface area contributed by atoms with Crippen LogP contribution in [0.25, 0.3) is 10.9 Å². The van der Waals surface area contributed by atoms with E-state index in [0.29, 0.717) is 6.61 Å². The van der Waals surface area contributed by atoms with Crippen LogP contribution >= 0.6 is 0 Å². The van der Waals surface area contributed by atoms with Crippen LogP contribution in [0.3, 0.4) is 0 Å². The quantitative estimate of drug-likeness (QED) is 0.873. The maximum atomic E-state index is 5.93. The number of fused-ring (bicyclic) bond motifs is 1. The third kappa shape index (κ3) is 3.48. The van der Waals surface area contributed by atoms with Gasteiger partial charge in [-0.2, -0.15) is 0 Å². The Kier molecular flexibility index (Phi) is 3.62. The highest BCUT2D eigenvalue weighted by atomic mass is 16.5. The minimum absolute atomic E-state index is 0.133. The first kappa shape index (κ1) is 13.4. The van der Waals surface area contributed by atoms with Crippen LogP contribution in [0.5, 0.6) is 5.75 Å². The van der Waals surface area contributed by atoms with Gasteiger partial charge in [0.15, 0.2) is 0 Å². The molecule has 0 spiro atoms. The lowest BCUT2D eigenvalue weighted by molar-refractivity contribution is 0.175. The van der Waals surface area contributed by atoms with Gasteiger partial charge in [0, 0.05) is 23.4 Å². The lowest BCUT2D eigenvalue weighted by Crippen LogP contribution is -2.35. The van der Waals surface area contributed by atoms with E-state index in [2.05, 4.69) is 36.3 Å². The minimum Gasteiger partial charge on any atom is -0.491 e. The number of para-hydroxylation sites is 1. The van der Waals surface area contributed by atoms with Crippen LogP contribution in [0.2, 0.25) is 0 Å². The van der Waals surface area contributed by atoms with Crippen LogP contribution < -0.4 is 10.1 Å². The summed E-state index contributed by atoms with van der Waals surface area (Å²) in [5.41, 5.74) is 1.14. The van der Waals surface area contributed by atoms with E-state index in [4.69, 9.17) is 4.74 Å². The fourth-order valence-corrected chi connectivity index (χ4v) is 2.17. The smallest absolute Gasteiger partial charge is 0.138 e. The number of rotatable bonds is 6. The van der Waals surface area contributed by atoms with Crippen molar-refractivity contribution in [2.75, 3.05) is 13.2 Å². The van der Waals surface area contributed by atoms with E-state index < -0.39 is 0 Å². The zero-order valence-corrected chi connectivity index (χ0v) is 12.2. The van der Waals surface area contributed by atoms with Gasteiger partial charge in [0.25, 0.3) is 0 Å². The van der Waals surface area contributed by atoms with Crippen molar-refractivity contribution in [1.82, 2.24) is 10.3 Å². The van der Waals surface area contributed by atoms with Crippen molar-refractivity contribution >= 4 is 10.9 Å². The standard InChI is InChI=1S/C17H22N2O/c1-17(2,11-19-14-7-8-14)12-20-15-9-13-5-3-4-6-16(13)18-10-15/h3-6,9-10,14,19H,7-8,11-12H2,1-2H3. The van der Waals surface area contributed by atoms with E-state index in [9.17, 15) is 0 Å². The Labute approximate surface area is 120 Å². The summed E-state index contributed by atoms with van der Waals surface area (Å²) < 4.78 is 5.93. The number of benzene rings is 1. The van der Waals surface area contributed by atoms with Gasteiger partial charge in [-0.1, -0.05) is 32.0 Å². The van der Waals surface area contributed by atoms with Gasteiger partial charge in [0.2, 0.25) is 0 Å². The van der Waals surface area contributed by atoms with Crippen molar-refractivity contribution in [1.29, 1.82) is 0 Å². The summed E-state index contributed by atoms with van der Waals surface area (Å²) in [5, 5.41) is 4.69. The molecule has 1 aromatic heterocycles. The fourth-order valence-electron chi connectivity index (χ4n) is 2.17. The van der Waals surface area contributed by atoms with Crippen LogP contribution in [0, 0.1) is 5.41 Å². The molecule has 1 fully saturated rings. The third-order valence-electron chi connectivity index (χ3n) is 3.64. The Morgan fingerprint density at radius 2 is 2.10 bits per heavy atom. The molecule has 1 aliphatic carbocycles. The molecule has 20 heavy (non-hydrogen) atoms. The number of pyridine rings is 1. The van der Waals surface area contributed by atoms with Gasteiger partial charge in [-0.05, 0) is 25.0 Å². The topological polar surface area (TPSA) is 34.1 Å². The Morgan fingerprint density at radius 1 is 1.30 bits per heavy atom. The van der Waals surface area contributed by atoms with Crippen molar-refractivity contribution in [2.45, 2.75) is 32.7 Å². The lowest BCUT2D eigenvalue weighted by atomic mass is 9.95. The molecule has 0 radical (unpaired) electrons. The third-order valence-corrected chi connectivity index (χ3v) is 3.64. The second-order valence-electron chi connectivity index (χ2n) is 6.47. The predicted octanol–water partition coefficient (Wildman–Crippen LogP) is 3.39. The SMILES string of the molecule is CC(C)(CNC1CC1)COc1cnc2ccccc2c1. The number of nitrogens with zero attached hydrogens (tertiary/aromatic N) is 1. The number of hydrogen-bond acceptors (Lipinski definition) is 3. The predicted molar refractivity (Wildman–Crippen MR) is 82.0 cm³/mol. The molecular formula is C17H22N2O. The highest BCUT2D eigenvalue weighted by molar-refractivity contribution is 5.79. The van der Waals surface area contributed by atoms with Crippen molar-refractivity contribution in [3.8, 4) is 5.75 Å². The first-order valence-corrected chi connectivity index (χ1v) is 7.33. The molecule has 1 heterocycles. The summed E-state index contributed by atoms with van der Waals surface area (Å²) in [6, 6.07) is 10.9. The van der Waals surface area contributed by atoms with E-state index >= 15 is 0 Å². The molecule has 1 aromatic carbocycles. The van der Waals surface area contributed by atoms with Crippen molar-refractivity contribution in [3.05, 3.63) is 36.5 Å². The van der Waals surface area contributed by atoms with E-state index in [-0.39, 0.29) is 5.41 Å². The second-order valence-corrected chi connectivity index (χ2v) is 6.47. The van der Waals surface area contributed by atoms with Crippen molar-refractivity contribution < 1.29 is 4.74 Å². The van der Waals surface area contributed by atoms with Gasteiger partial charge in [0.1, 0.15) is 5.75 Å². The highest BCUT2D eigenvalue weighted by Crippen LogP contribution is 2.23. The van der Waals surface area contributed by atoms with Gasteiger partial charge in [0.05, 0.1) is 18.3 Å². The first-order chi connectivity index (χ1) is 9.62. The summed E-state index contributed by atoms with van der Waals surface area (Å²) in [6.07, 6.45) is 4.46. The van der Waals surface area contributed by atoms with E-state index in [1.54, 1.807) is 0 Å². The molecule has 1 aliphatic rings. The Balaban J connectivity index is 1.60. The maximum absolute atomic E-state index is 5.93. The van der Waals surface area contributed by atoms with Gasteiger partial charge < -0.3 is 10.1 Å². The maximum Gasteiger partial charge on any atom is 0.138 e. The molecule has 0 atom stereocenters. The molecule has 0 unspecified atom stereocenters. The Hall–Kier alpha value is -1.61. The summed E-state index contributed by atoms with van der Waals surface area (Å²) >= 11 is 0. The molecule has 106 valence electrons. The normalized spacial score (nSPS) is 15.5. The molecule has 0 amide bonds. The monoisotopic (exact) mass is 270 g/mol. The minimum atomic E-state index is 0.133. The number of nitrogens with one attached hydrogen (secondary N) is 1. The van der Waals surface area contributed by atoms with Gasteiger partial charge in [-0.15, -0.1) is 0 Å². The first-order valence-electron chi connectivity index (χ1n) is 7.33. The number of ether oxygens (including phenoxy) is 1. The van der Waals surface area contributed by atoms with Crippen LogP contribution in [0.15, 0.2) is 36.5 Å². The molecule has 3 rings (SSSR count). The average Bonchev–Trinajstić information content (AvgIpc) is 3.27. The van der Waals surface area contributed by atoms with Gasteiger partial charge in [-0.3, -0.25) is 4.98 Å². The van der Waals surface area contributed by atoms with Crippen molar-refractivity contribution in [2.24, 2.45) is 5.41 Å². The van der Waals surface area contributed by atoms with Crippen LogP contribution in [0.1, 0.15) is 26.7 Å². The number of hydrogen-bond donors (Lipinski definition) is 1. The second kappa shape index (κ2) is 5.41. The largest absolute Gasteiger partial charge is 0.491 e. The van der Waals surface area contributed by atoms with E-state index in [1.165, 1.54) is 12.8 Å². The Bertz CT molecular complexity index is 590. The zero-order valence-electron chi connectivity index (χ0n) is 12.2. The summed E-state index contributed by atoms with van der Waals surface area (Å²) in [4.78, 5) is 4.43.